The summed E-state index contributed by atoms with van der Waals surface area (Å²) in [5.74, 6) is 0. The van der Waals surface area contributed by atoms with Gasteiger partial charge in [-0.1, -0.05) is 35.3 Å². The summed E-state index contributed by atoms with van der Waals surface area (Å²) >= 11 is 11.7. The predicted molar refractivity (Wildman–Crippen MR) is 63.7 cm³/mol. The molecule has 0 bridgehead atoms. The zero-order chi connectivity index (χ0) is 11.3. The molecule has 1 aromatic carbocycles. The van der Waals surface area contributed by atoms with Gasteiger partial charge in [0, 0.05) is 6.54 Å². The molecule has 2 amide bonds. The quantitative estimate of drug-likeness (QED) is 0.788. The minimum Gasteiger partial charge on any atom is -0.334 e. The minimum absolute atomic E-state index is 0.327. The second-order valence-electron chi connectivity index (χ2n) is 2.73. The van der Waals surface area contributed by atoms with Crippen molar-refractivity contribution in [2.45, 2.75) is 0 Å². The molecule has 5 heteroatoms. The van der Waals surface area contributed by atoms with Crippen molar-refractivity contribution in [1.82, 2.24) is 5.32 Å². The third-order valence-corrected chi connectivity index (χ3v) is 2.43. The number of urea groups is 1. The molecule has 0 atom stereocenters. The van der Waals surface area contributed by atoms with Crippen molar-refractivity contribution in [1.29, 1.82) is 0 Å². The van der Waals surface area contributed by atoms with Crippen molar-refractivity contribution < 1.29 is 4.79 Å². The molecule has 0 aromatic heterocycles. The predicted octanol–water partition coefficient (Wildman–Crippen LogP) is 3.30. The molecule has 1 rings (SSSR count). The van der Waals surface area contributed by atoms with Crippen LogP contribution in [-0.2, 0) is 0 Å². The summed E-state index contributed by atoms with van der Waals surface area (Å²) in [5.41, 5.74) is 0.478. The fraction of sp³-hybridized carbons (Fsp3) is 0.100. The summed E-state index contributed by atoms with van der Waals surface area (Å²) in [5, 5.41) is 5.86. The van der Waals surface area contributed by atoms with Crippen LogP contribution < -0.4 is 10.6 Å². The first-order valence-electron chi connectivity index (χ1n) is 4.25. The fourth-order valence-electron chi connectivity index (χ4n) is 0.932. The smallest absolute Gasteiger partial charge is 0.319 e. The topological polar surface area (TPSA) is 41.1 Å². The second kappa shape index (κ2) is 5.63. The standard InChI is InChI=1S/C10H10Cl2N2O/c1-2-6-13-10(15)14-8-5-3-4-7(11)9(8)12/h2-5H,1,6H2,(H2,13,14,15). The Bertz CT molecular complexity index is 380. The molecule has 80 valence electrons. The molecule has 0 unspecified atom stereocenters. The SMILES string of the molecule is C=CCNC(=O)Nc1cccc(Cl)c1Cl. The molecule has 1 aromatic rings. The summed E-state index contributed by atoms with van der Waals surface area (Å²) in [6, 6.07) is 4.68. The highest BCUT2D eigenvalue weighted by Gasteiger charge is 2.06. The van der Waals surface area contributed by atoms with Crippen LogP contribution in [0.15, 0.2) is 30.9 Å². The maximum atomic E-state index is 11.3. The highest BCUT2D eigenvalue weighted by atomic mass is 35.5. The van der Waals surface area contributed by atoms with Crippen LogP contribution in [0.3, 0.4) is 0 Å². The van der Waals surface area contributed by atoms with Gasteiger partial charge in [0.25, 0.3) is 0 Å². The van der Waals surface area contributed by atoms with Crippen LogP contribution in [0.5, 0.6) is 0 Å². The molecule has 0 aliphatic heterocycles. The molecule has 2 N–H and O–H groups in total. The van der Waals surface area contributed by atoms with Gasteiger partial charge in [-0.05, 0) is 12.1 Å². The van der Waals surface area contributed by atoms with Gasteiger partial charge in [0.15, 0.2) is 0 Å². The maximum Gasteiger partial charge on any atom is 0.319 e. The summed E-state index contributed by atoms with van der Waals surface area (Å²) in [6.07, 6.45) is 1.58. The normalized spacial score (nSPS) is 9.47. The monoisotopic (exact) mass is 244 g/mol. The Morgan fingerprint density at radius 1 is 1.47 bits per heavy atom. The van der Waals surface area contributed by atoms with Crippen LogP contribution in [0.1, 0.15) is 0 Å². The van der Waals surface area contributed by atoms with Gasteiger partial charge in [-0.2, -0.15) is 0 Å². The minimum atomic E-state index is -0.348. The third-order valence-electron chi connectivity index (χ3n) is 1.61. The number of anilines is 1. The van der Waals surface area contributed by atoms with E-state index >= 15 is 0 Å². The Balaban J connectivity index is 2.68. The second-order valence-corrected chi connectivity index (χ2v) is 3.51. The average molecular weight is 245 g/mol. The van der Waals surface area contributed by atoms with E-state index in [0.717, 1.165) is 0 Å². The molecule has 0 fully saturated rings. The van der Waals surface area contributed by atoms with E-state index in [2.05, 4.69) is 17.2 Å². The first-order chi connectivity index (χ1) is 7.15. The Morgan fingerprint density at radius 2 is 2.20 bits per heavy atom. The number of carbonyl (C=O) groups excluding carboxylic acids is 1. The van der Waals surface area contributed by atoms with Gasteiger partial charge in [0.1, 0.15) is 0 Å². The van der Waals surface area contributed by atoms with Crippen molar-refractivity contribution in [3.05, 3.63) is 40.9 Å². The van der Waals surface area contributed by atoms with E-state index in [-0.39, 0.29) is 6.03 Å². The van der Waals surface area contributed by atoms with E-state index in [9.17, 15) is 4.79 Å². The highest BCUT2D eigenvalue weighted by Crippen LogP contribution is 2.29. The lowest BCUT2D eigenvalue weighted by molar-refractivity contribution is 0.253. The average Bonchev–Trinajstić information content (AvgIpc) is 2.22. The summed E-state index contributed by atoms with van der Waals surface area (Å²) in [4.78, 5) is 11.3. The molecule has 0 radical (unpaired) electrons. The van der Waals surface area contributed by atoms with Crippen LogP contribution in [0.4, 0.5) is 10.5 Å². The fourth-order valence-corrected chi connectivity index (χ4v) is 1.28. The summed E-state index contributed by atoms with van der Waals surface area (Å²) in [7, 11) is 0. The molecule has 0 saturated carbocycles. The first-order valence-corrected chi connectivity index (χ1v) is 5.00. The van der Waals surface area contributed by atoms with Crippen LogP contribution >= 0.6 is 23.2 Å². The number of amides is 2. The van der Waals surface area contributed by atoms with E-state index in [4.69, 9.17) is 23.2 Å². The van der Waals surface area contributed by atoms with Crippen molar-refractivity contribution in [3.63, 3.8) is 0 Å². The van der Waals surface area contributed by atoms with Crippen LogP contribution in [-0.4, -0.2) is 12.6 Å². The van der Waals surface area contributed by atoms with Crippen LogP contribution in [0.2, 0.25) is 10.0 Å². The van der Waals surface area contributed by atoms with E-state index in [1.54, 1.807) is 24.3 Å². The third kappa shape index (κ3) is 3.46. The molecule has 3 nitrogen and oxygen atoms in total. The van der Waals surface area contributed by atoms with E-state index < -0.39 is 0 Å². The zero-order valence-corrected chi connectivity index (χ0v) is 9.40. The number of carbonyl (C=O) groups is 1. The van der Waals surface area contributed by atoms with Gasteiger partial charge >= 0.3 is 6.03 Å². The van der Waals surface area contributed by atoms with Gasteiger partial charge in [-0.3, -0.25) is 0 Å². The van der Waals surface area contributed by atoms with E-state index in [1.807, 2.05) is 0 Å². The molecule has 0 spiro atoms. The van der Waals surface area contributed by atoms with E-state index in [1.165, 1.54) is 0 Å². The Hall–Kier alpha value is -1.19. The summed E-state index contributed by atoms with van der Waals surface area (Å²) in [6.45, 7) is 3.87. The largest absolute Gasteiger partial charge is 0.334 e. The zero-order valence-electron chi connectivity index (χ0n) is 7.89. The molecule has 0 aliphatic rings. The van der Waals surface area contributed by atoms with Crippen LogP contribution in [0, 0.1) is 0 Å². The molecular weight excluding hydrogens is 235 g/mol. The number of rotatable bonds is 3. The lowest BCUT2D eigenvalue weighted by Crippen LogP contribution is -2.28. The molecule has 0 saturated heterocycles. The highest BCUT2D eigenvalue weighted by molar-refractivity contribution is 6.43. The number of hydrogen-bond donors (Lipinski definition) is 2. The number of halogens is 2. The number of benzene rings is 1. The first kappa shape index (κ1) is 11.9. The maximum absolute atomic E-state index is 11.3. The Labute approximate surface area is 98.1 Å². The van der Waals surface area contributed by atoms with E-state index in [0.29, 0.717) is 22.3 Å². The van der Waals surface area contributed by atoms with Gasteiger partial charge < -0.3 is 10.6 Å². The van der Waals surface area contributed by atoms with Gasteiger partial charge in [-0.25, -0.2) is 4.79 Å². The van der Waals surface area contributed by atoms with Gasteiger partial charge in [0.2, 0.25) is 0 Å². The lowest BCUT2D eigenvalue weighted by Gasteiger charge is -2.08. The van der Waals surface area contributed by atoms with Gasteiger partial charge in [0.05, 0.1) is 15.7 Å². The molecule has 15 heavy (non-hydrogen) atoms. The van der Waals surface area contributed by atoms with Crippen LogP contribution in [0.25, 0.3) is 0 Å². The number of nitrogens with one attached hydrogen (secondary N) is 2. The summed E-state index contributed by atoms with van der Waals surface area (Å²) < 4.78 is 0. The van der Waals surface area contributed by atoms with Crippen molar-refractivity contribution >= 4 is 34.9 Å². The van der Waals surface area contributed by atoms with Crippen molar-refractivity contribution in [3.8, 4) is 0 Å². The molecular formula is C10H10Cl2N2O. The molecule has 0 heterocycles. The Morgan fingerprint density at radius 3 is 2.87 bits per heavy atom. The van der Waals surface area contributed by atoms with Crippen molar-refractivity contribution in [2.75, 3.05) is 11.9 Å². The van der Waals surface area contributed by atoms with Gasteiger partial charge in [-0.15, -0.1) is 6.58 Å². The number of hydrogen-bond acceptors (Lipinski definition) is 1. The van der Waals surface area contributed by atoms with Crippen molar-refractivity contribution in [2.24, 2.45) is 0 Å². The Kier molecular flexibility index (Phi) is 4.46. The molecule has 0 aliphatic carbocycles. The lowest BCUT2D eigenvalue weighted by atomic mass is 10.3.